The predicted octanol–water partition coefficient (Wildman–Crippen LogP) is 0.993. The summed E-state index contributed by atoms with van der Waals surface area (Å²) in [4.78, 5) is 27.6. The number of hydrogen-bond acceptors (Lipinski definition) is 4. The Morgan fingerprint density at radius 3 is 2.57 bits per heavy atom. The van der Waals surface area contributed by atoms with Crippen LogP contribution in [0.15, 0.2) is 30.3 Å². The van der Waals surface area contributed by atoms with Crippen LogP contribution in [0.4, 0.5) is 0 Å². The fourth-order valence-electron chi connectivity index (χ4n) is 3.29. The molecule has 2 fully saturated rings. The normalized spacial score (nSPS) is 23.9. The molecule has 3 rings (SSSR count). The van der Waals surface area contributed by atoms with E-state index in [0.717, 1.165) is 18.7 Å². The van der Waals surface area contributed by atoms with Crippen molar-refractivity contribution in [3.63, 3.8) is 0 Å². The Kier molecular flexibility index (Phi) is 4.93. The molecule has 2 unspecified atom stereocenters. The van der Waals surface area contributed by atoms with Crippen molar-refractivity contribution < 1.29 is 19.4 Å². The second-order valence-corrected chi connectivity index (χ2v) is 6.12. The van der Waals surface area contributed by atoms with E-state index in [1.54, 1.807) is 4.90 Å². The highest BCUT2D eigenvalue weighted by atomic mass is 16.5. The molecule has 6 nitrogen and oxygen atoms in total. The van der Waals surface area contributed by atoms with E-state index in [9.17, 15) is 14.7 Å². The molecule has 2 heterocycles. The second-order valence-electron chi connectivity index (χ2n) is 6.12. The number of likely N-dealkylation sites (tertiary alicyclic amines) is 1. The number of benzene rings is 1. The Balaban J connectivity index is 1.80. The van der Waals surface area contributed by atoms with E-state index in [-0.39, 0.29) is 24.9 Å². The van der Waals surface area contributed by atoms with Crippen molar-refractivity contribution >= 4 is 11.9 Å². The molecule has 2 aliphatic rings. The molecule has 0 radical (unpaired) electrons. The SMILES string of the molecule is O=C(O)C1CC(=O)N(C(CN2CCOCC2)c2ccccc2)C1. The van der Waals surface area contributed by atoms with Gasteiger partial charge in [0.05, 0.1) is 25.2 Å². The highest BCUT2D eigenvalue weighted by Crippen LogP contribution is 2.30. The maximum absolute atomic E-state index is 12.4. The lowest BCUT2D eigenvalue weighted by atomic mass is 10.0. The first-order chi connectivity index (χ1) is 11.1. The van der Waals surface area contributed by atoms with Crippen molar-refractivity contribution in [2.24, 2.45) is 5.92 Å². The van der Waals surface area contributed by atoms with Crippen molar-refractivity contribution in [2.45, 2.75) is 12.5 Å². The number of aliphatic carboxylic acids is 1. The summed E-state index contributed by atoms with van der Waals surface area (Å²) in [6.45, 7) is 4.09. The standard InChI is InChI=1S/C17H22N2O4/c20-16-10-14(17(21)22)11-19(16)15(13-4-2-1-3-5-13)12-18-6-8-23-9-7-18/h1-5,14-15H,6-12H2,(H,21,22). The van der Waals surface area contributed by atoms with Crippen LogP contribution in [-0.2, 0) is 14.3 Å². The molecule has 0 spiro atoms. The molecule has 6 heteroatoms. The number of morpholine rings is 1. The summed E-state index contributed by atoms with van der Waals surface area (Å²) in [5.41, 5.74) is 1.05. The topological polar surface area (TPSA) is 70.1 Å². The molecule has 0 bridgehead atoms. The molecule has 124 valence electrons. The molecule has 1 aromatic carbocycles. The lowest BCUT2D eigenvalue weighted by Crippen LogP contribution is -2.43. The zero-order chi connectivity index (χ0) is 16.2. The first-order valence-electron chi connectivity index (χ1n) is 8.02. The molecule has 1 N–H and O–H groups in total. The fraction of sp³-hybridized carbons (Fsp3) is 0.529. The number of rotatable bonds is 5. The molecular formula is C17H22N2O4. The van der Waals surface area contributed by atoms with Crippen LogP contribution in [0.3, 0.4) is 0 Å². The van der Waals surface area contributed by atoms with Gasteiger partial charge in [-0.2, -0.15) is 0 Å². The number of nitrogens with zero attached hydrogens (tertiary/aromatic N) is 2. The molecule has 23 heavy (non-hydrogen) atoms. The number of amides is 1. The molecule has 2 saturated heterocycles. The Bertz CT molecular complexity index is 557. The number of carbonyl (C=O) groups excluding carboxylic acids is 1. The molecule has 2 aliphatic heterocycles. The minimum atomic E-state index is -0.890. The van der Waals surface area contributed by atoms with Gasteiger partial charge >= 0.3 is 5.97 Å². The summed E-state index contributed by atoms with van der Waals surface area (Å²) in [6, 6.07) is 9.76. The van der Waals surface area contributed by atoms with E-state index >= 15 is 0 Å². The third-order valence-corrected chi connectivity index (χ3v) is 4.60. The third kappa shape index (κ3) is 3.71. The zero-order valence-corrected chi connectivity index (χ0v) is 13.1. The van der Waals surface area contributed by atoms with Crippen molar-refractivity contribution in [3.05, 3.63) is 35.9 Å². The van der Waals surface area contributed by atoms with Gasteiger partial charge in [-0.15, -0.1) is 0 Å². The quantitative estimate of drug-likeness (QED) is 0.877. The Labute approximate surface area is 135 Å². The number of hydrogen-bond donors (Lipinski definition) is 1. The summed E-state index contributed by atoms with van der Waals surface area (Å²) in [5, 5.41) is 9.22. The van der Waals surface area contributed by atoms with Gasteiger partial charge in [-0.1, -0.05) is 30.3 Å². The van der Waals surface area contributed by atoms with E-state index in [1.807, 2.05) is 30.3 Å². The van der Waals surface area contributed by atoms with Gasteiger partial charge in [0.15, 0.2) is 0 Å². The summed E-state index contributed by atoms with van der Waals surface area (Å²) >= 11 is 0. The lowest BCUT2D eigenvalue weighted by molar-refractivity contribution is -0.141. The van der Waals surface area contributed by atoms with E-state index in [2.05, 4.69) is 4.90 Å². The van der Waals surface area contributed by atoms with Gasteiger partial charge in [0.25, 0.3) is 0 Å². The van der Waals surface area contributed by atoms with E-state index < -0.39 is 11.9 Å². The molecule has 1 aromatic rings. The lowest BCUT2D eigenvalue weighted by Gasteiger charge is -2.35. The van der Waals surface area contributed by atoms with Crippen LogP contribution in [0.25, 0.3) is 0 Å². The van der Waals surface area contributed by atoms with Crippen LogP contribution >= 0.6 is 0 Å². The van der Waals surface area contributed by atoms with E-state index in [4.69, 9.17) is 4.74 Å². The third-order valence-electron chi connectivity index (χ3n) is 4.60. The highest BCUT2D eigenvalue weighted by molar-refractivity contribution is 5.86. The monoisotopic (exact) mass is 318 g/mol. The molecule has 0 saturated carbocycles. The molecule has 0 aliphatic carbocycles. The minimum Gasteiger partial charge on any atom is -0.481 e. The van der Waals surface area contributed by atoms with Gasteiger partial charge in [-0.3, -0.25) is 14.5 Å². The maximum atomic E-state index is 12.4. The first-order valence-corrected chi connectivity index (χ1v) is 8.02. The second kappa shape index (κ2) is 7.10. The summed E-state index contributed by atoms with van der Waals surface area (Å²) in [5.74, 6) is -1.56. The van der Waals surface area contributed by atoms with Crippen LogP contribution in [0.5, 0.6) is 0 Å². The Hall–Kier alpha value is -1.92. The average Bonchev–Trinajstić information content (AvgIpc) is 2.96. The van der Waals surface area contributed by atoms with Crippen LogP contribution in [-0.4, -0.2) is 66.2 Å². The summed E-state index contributed by atoms with van der Waals surface area (Å²) < 4.78 is 5.38. The Morgan fingerprint density at radius 1 is 1.26 bits per heavy atom. The summed E-state index contributed by atoms with van der Waals surface area (Å²) in [6.07, 6.45) is 0.0990. The van der Waals surface area contributed by atoms with Crippen LogP contribution in [0, 0.1) is 5.92 Å². The van der Waals surface area contributed by atoms with Gasteiger partial charge in [0.2, 0.25) is 5.91 Å². The number of carboxylic acid groups (broad SMARTS) is 1. The number of carboxylic acids is 1. The summed E-state index contributed by atoms with van der Waals surface area (Å²) in [7, 11) is 0. The van der Waals surface area contributed by atoms with Crippen molar-refractivity contribution in [1.29, 1.82) is 0 Å². The zero-order valence-electron chi connectivity index (χ0n) is 13.1. The van der Waals surface area contributed by atoms with Crippen molar-refractivity contribution in [3.8, 4) is 0 Å². The number of ether oxygens (including phenoxy) is 1. The van der Waals surface area contributed by atoms with Gasteiger partial charge in [0, 0.05) is 32.6 Å². The van der Waals surface area contributed by atoms with Crippen LogP contribution < -0.4 is 0 Å². The molecule has 2 atom stereocenters. The van der Waals surface area contributed by atoms with Gasteiger partial charge in [0.1, 0.15) is 0 Å². The van der Waals surface area contributed by atoms with Crippen LogP contribution in [0.1, 0.15) is 18.0 Å². The average molecular weight is 318 g/mol. The minimum absolute atomic E-state index is 0.0699. The Morgan fingerprint density at radius 2 is 1.96 bits per heavy atom. The molecule has 1 amide bonds. The predicted molar refractivity (Wildman–Crippen MR) is 83.9 cm³/mol. The largest absolute Gasteiger partial charge is 0.481 e. The van der Waals surface area contributed by atoms with E-state index in [1.165, 1.54) is 0 Å². The van der Waals surface area contributed by atoms with Gasteiger partial charge < -0.3 is 14.7 Å². The van der Waals surface area contributed by atoms with Gasteiger partial charge in [-0.05, 0) is 5.56 Å². The molecule has 0 aromatic heterocycles. The number of carbonyl (C=O) groups is 2. The van der Waals surface area contributed by atoms with E-state index in [0.29, 0.717) is 19.8 Å². The first kappa shape index (κ1) is 16.0. The maximum Gasteiger partial charge on any atom is 0.308 e. The van der Waals surface area contributed by atoms with Crippen molar-refractivity contribution in [1.82, 2.24) is 9.80 Å². The smallest absolute Gasteiger partial charge is 0.308 e. The van der Waals surface area contributed by atoms with Crippen LogP contribution in [0.2, 0.25) is 0 Å². The highest BCUT2D eigenvalue weighted by Gasteiger charge is 2.39. The van der Waals surface area contributed by atoms with Gasteiger partial charge in [-0.25, -0.2) is 0 Å². The molecular weight excluding hydrogens is 296 g/mol. The fourth-order valence-corrected chi connectivity index (χ4v) is 3.29. The van der Waals surface area contributed by atoms with Crippen molar-refractivity contribution in [2.75, 3.05) is 39.4 Å².